The van der Waals surface area contributed by atoms with Crippen molar-refractivity contribution in [2.75, 3.05) is 5.32 Å². The molecule has 2 aromatic rings. The van der Waals surface area contributed by atoms with E-state index >= 15 is 0 Å². The lowest BCUT2D eigenvalue weighted by atomic mass is 9.99. The minimum atomic E-state index is -4.29. The summed E-state index contributed by atoms with van der Waals surface area (Å²) in [6, 6.07) is 10.3. The number of aryl methyl sites for hydroxylation is 1. The van der Waals surface area contributed by atoms with Crippen molar-refractivity contribution >= 4 is 11.4 Å². The zero-order chi connectivity index (χ0) is 16.3. The number of alkyl halides is 3. The van der Waals surface area contributed by atoms with E-state index in [1.807, 2.05) is 0 Å². The second kappa shape index (κ2) is 6.22. The lowest BCUT2D eigenvalue weighted by Crippen LogP contribution is -2.14. The van der Waals surface area contributed by atoms with E-state index in [1.54, 1.807) is 19.1 Å². The first-order valence-electron chi connectivity index (χ1n) is 6.63. The third-order valence-electron chi connectivity index (χ3n) is 3.12. The largest absolute Gasteiger partial charge is 0.393 e. The molecule has 1 nitrogen and oxygen atoms in total. The summed E-state index contributed by atoms with van der Waals surface area (Å²) in [6.07, 6.45) is -5.31. The van der Waals surface area contributed by atoms with Gasteiger partial charge in [-0.2, -0.15) is 13.2 Å². The summed E-state index contributed by atoms with van der Waals surface area (Å²) in [5, 5.41) is 2.91. The first-order chi connectivity index (χ1) is 10.2. The Hall–Kier alpha value is -2.30. The van der Waals surface area contributed by atoms with Crippen LogP contribution >= 0.6 is 0 Å². The minimum Gasteiger partial charge on any atom is -0.356 e. The van der Waals surface area contributed by atoms with E-state index in [-0.39, 0.29) is 11.4 Å². The van der Waals surface area contributed by atoms with Gasteiger partial charge in [-0.1, -0.05) is 24.3 Å². The van der Waals surface area contributed by atoms with Crippen molar-refractivity contribution in [3.63, 3.8) is 0 Å². The molecule has 0 atom stereocenters. The molecule has 0 heterocycles. The van der Waals surface area contributed by atoms with Gasteiger partial charge in [0.05, 0.1) is 6.42 Å². The van der Waals surface area contributed by atoms with Crippen molar-refractivity contribution < 1.29 is 17.6 Å². The molecule has 0 unspecified atom stereocenters. The van der Waals surface area contributed by atoms with Gasteiger partial charge in [0.25, 0.3) is 0 Å². The molecular weight excluding hydrogens is 294 g/mol. The van der Waals surface area contributed by atoms with Crippen LogP contribution in [0.2, 0.25) is 0 Å². The smallest absolute Gasteiger partial charge is 0.356 e. The number of halogens is 4. The SMILES string of the molecule is C=C(Nc1ccc(F)cc1)c1cc(C)ccc1CC(F)(F)F. The van der Waals surface area contributed by atoms with Gasteiger partial charge in [-0.25, -0.2) is 4.39 Å². The molecule has 116 valence electrons. The third-order valence-corrected chi connectivity index (χ3v) is 3.12. The summed E-state index contributed by atoms with van der Waals surface area (Å²) in [4.78, 5) is 0. The van der Waals surface area contributed by atoms with Gasteiger partial charge in [0, 0.05) is 16.9 Å². The predicted molar refractivity (Wildman–Crippen MR) is 80.0 cm³/mol. The van der Waals surface area contributed by atoms with Gasteiger partial charge in [-0.15, -0.1) is 0 Å². The highest BCUT2D eigenvalue weighted by atomic mass is 19.4. The maximum absolute atomic E-state index is 12.9. The Morgan fingerprint density at radius 2 is 1.73 bits per heavy atom. The number of nitrogens with one attached hydrogen (secondary N) is 1. The Morgan fingerprint density at radius 3 is 2.32 bits per heavy atom. The Bertz CT molecular complexity index is 672. The first-order valence-corrected chi connectivity index (χ1v) is 6.63. The van der Waals surface area contributed by atoms with Crippen LogP contribution < -0.4 is 5.32 Å². The van der Waals surface area contributed by atoms with Crippen molar-refractivity contribution in [3.8, 4) is 0 Å². The maximum Gasteiger partial charge on any atom is 0.393 e. The fourth-order valence-corrected chi connectivity index (χ4v) is 2.12. The molecule has 0 aliphatic carbocycles. The molecule has 0 radical (unpaired) electrons. The molecule has 22 heavy (non-hydrogen) atoms. The Balaban J connectivity index is 2.28. The second-order valence-electron chi connectivity index (χ2n) is 5.06. The standard InChI is InChI=1S/C17H15F4N/c1-11-3-4-13(10-17(19,20)21)16(9-11)12(2)22-15-7-5-14(18)6-8-15/h3-9,22H,2,10H2,1H3. The van der Waals surface area contributed by atoms with Gasteiger partial charge in [0.2, 0.25) is 0 Å². The average Bonchev–Trinajstić information content (AvgIpc) is 2.42. The Morgan fingerprint density at radius 1 is 1.09 bits per heavy atom. The van der Waals surface area contributed by atoms with Gasteiger partial charge in [0.1, 0.15) is 5.82 Å². The van der Waals surface area contributed by atoms with E-state index in [2.05, 4.69) is 11.9 Å². The fourth-order valence-electron chi connectivity index (χ4n) is 2.12. The zero-order valence-electron chi connectivity index (χ0n) is 12.0. The van der Waals surface area contributed by atoms with Crippen molar-refractivity contribution in [3.05, 3.63) is 71.6 Å². The molecule has 0 spiro atoms. The quantitative estimate of drug-likeness (QED) is 0.754. The van der Waals surface area contributed by atoms with Crippen LogP contribution in [-0.4, -0.2) is 6.18 Å². The highest BCUT2D eigenvalue weighted by molar-refractivity contribution is 5.77. The first kappa shape index (κ1) is 16.1. The number of benzene rings is 2. The van der Waals surface area contributed by atoms with Crippen molar-refractivity contribution in [1.29, 1.82) is 0 Å². The Kier molecular flexibility index (Phi) is 4.54. The van der Waals surface area contributed by atoms with E-state index in [1.165, 1.54) is 30.3 Å². The van der Waals surface area contributed by atoms with Gasteiger partial charge in [-0.3, -0.25) is 0 Å². The molecule has 2 rings (SSSR count). The molecule has 0 saturated carbocycles. The molecule has 0 aromatic heterocycles. The van der Waals surface area contributed by atoms with Crippen LogP contribution in [0, 0.1) is 12.7 Å². The van der Waals surface area contributed by atoms with Crippen LogP contribution in [0.4, 0.5) is 23.2 Å². The van der Waals surface area contributed by atoms with Crippen LogP contribution in [-0.2, 0) is 6.42 Å². The summed E-state index contributed by atoms with van der Waals surface area (Å²) in [5.74, 6) is -0.385. The molecule has 2 aromatic carbocycles. The monoisotopic (exact) mass is 309 g/mol. The highest BCUT2D eigenvalue weighted by Gasteiger charge is 2.29. The molecule has 0 aliphatic heterocycles. The molecule has 1 N–H and O–H groups in total. The van der Waals surface area contributed by atoms with Crippen molar-refractivity contribution in [1.82, 2.24) is 0 Å². The van der Waals surface area contributed by atoms with Gasteiger partial charge < -0.3 is 5.32 Å². The molecule has 0 aliphatic rings. The van der Waals surface area contributed by atoms with Gasteiger partial charge in [0.15, 0.2) is 0 Å². The van der Waals surface area contributed by atoms with Crippen LogP contribution in [0.15, 0.2) is 49.0 Å². The number of rotatable bonds is 4. The van der Waals surface area contributed by atoms with Crippen LogP contribution in [0.5, 0.6) is 0 Å². The van der Waals surface area contributed by atoms with Gasteiger partial charge in [-0.05, 0) is 42.8 Å². The van der Waals surface area contributed by atoms with E-state index in [9.17, 15) is 17.6 Å². The summed E-state index contributed by atoms with van der Waals surface area (Å²) in [5.41, 5.74) is 2.29. The lowest BCUT2D eigenvalue weighted by Gasteiger charge is -2.16. The van der Waals surface area contributed by atoms with E-state index in [0.29, 0.717) is 16.9 Å². The van der Waals surface area contributed by atoms with Gasteiger partial charge >= 0.3 is 6.18 Å². The molecular formula is C17H15F4N. The summed E-state index contributed by atoms with van der Waals surface area (Å²) in [7, 11) is 0. The number of hydrogen-bond acceptors (Lipinski definition) is 1. The maximum atomic E-state index is 12.9. The van der Waals surface area contributed by atoms with E-state index in [4.69, 9.17) is 0 Å². The molecule has 0 fully saturated rings. The third kappa shape index (κ3) is 4.35. The van der Waals surface area contributed by atoms with E-state index < -0.39 is 12.6 Å². The highest BCUT2D eigenvalue weighted by Crippen LogP contribution is 2.28. The van der Waals surface area contributed by atoms with Crippen LogP contribution in [0.1, 0.15) is 16.7 Å². The van der Waals surface area contributed by atoms with Crippen LogP contribution in [0.25, 0.3) is 5.70 Å². The summed E-state index contributed by atoms with van der Waals surface area (Å²) >= 11 is 0. The Labute approximate surface area is 126 Å². The molecule has 0 amide bonds. The van der Waals surface area contributed by atoms with Crippen molar-refractivity contribution in [2.45, 2.75) is 19.5 Å². The predicted octanol–water partition coefficient (Wildman–Crippen LogP) is 5.32. The lowest BCUT2D eigenvalue weighted by molar-refractivity contribution is -0.127. The zero-order valence-corrected chi connectivity index (χ0v) is 12.0. The summed E-state index contributed by atoms with van der Waals surface area (Å²) in [6.45, 7) is 5.60. The van der Waals surface area contributed by atoms with E-state index in [0.717, 1.165) is 5.56 Å². The number of hydrogen-bond donors (Lipinski definition) is 1. The molecule has 0 saturated heterocycles. The average molecular weight is 309 g/mol. The molecule has 5 heteroatoms. The molecule has 0 bridgehead atoms. The topological polar surface area (TPSA) is 12.0 Å². The number of anilines is 1. The second-order valence-corrected chi connectivity index (χ2v) is 5.06. The fraction of sp³-hybridized carbons (Fsp3) is 0.176. The van der Waals surface area contributed by atoms with Crippen LogP contribution in [0.3, 0.4) is 0 Å². The normalized spacial score (nSPS) is 11.3. The summed E-state index contributed by atoms with van der Waals surface area (Å²) < 4.78 is 50.9. The minimum absolute atomic E-state index is 0.151. The van der Waals surface area contributed by atoms with Crippen molar-refractivity contribution in [2.24, 2.45) is 0 Å².